The molecule has 2 rings (SSSR count). The normalized spacial score (nSPS) is 14.4. The number of hydrogen-bond donors (Lipinski definition) is 0. The van der Waals surface area contributed by atoms with Gasteiger partial charge in [-0.3, -0.25) is 4.40 Å². The summed E-state index contributed by atoms with van der Waals surface area (Å²) in [6.45, 7) is 2.07. The van der Waals surface area contributed by atoms with E-state index in [0.717, 1.165) is 0 Å². The second-order valence-electron chi connectivity index (χ2n) is 4.09. The summed E-state index contributed by atoms with van der Waals surface area (Å²) < 4.78 is 32.8. The Bertz CT molecular complexity index is 679. The molecule has 1 unspecified atom stereocenters. The van der Waals surface area contributed by atoms with Gasteiger partial charge in [-0.25, -0.2) is 13.4 Å². The standard InChI is InChI=1S/C10H14ClN3O3S2/c1-7(6-17-3)13(2)19(15,16)9-8(11)12-10-14(9)4-5-18-10/h4-5,7H,6H2,1-3H3. The lowest BCUT2D eigenvalue weighted by Crippen LogP contribution is -2.38. The molecule has 0 aliphatic rings. The number of sulfonamides is 1. The van der Waals surface area contributed by atoms with Crippen LogP contribution in [-0.4, -0.2) is 48.9 Å². The Balaban J connectivity index is 2.49. The van der Waals surface area contributed by atoms with Gasteiger partial charge in [0.15, 0.2) is 15.1 Å². The molecular formula is C10H14ClN3O3S2. The summed E-state index contributed by atoms with van der Waals surface area (Å²) in [5.74, 6) is 0. The van der Waals surface area contributed by atoms with Crippen molar-refractivity contribution in [2.45, 2.75) is 18.0 Å². The van der Waals surface area contributed by atoms with Crippen LogP contribution in [0.4, 0.5) is 0 Å². The molecule has 0 aromatic carbocycles. The third-order valence-electron chi connectivity index (χ3n) is 2.83. The topological polar surface area (TPSA) is 63.9 Å². The highest BCUT2D eigenvalue weighted by Crippen LogP contribution is 2.28. The minimum Gasteiger partial charge on any atom is -0.383 e. The summed E-state index contributed by atoms with van der Waals surface area (Å²) in [7, 11) is -0.687. The van der Waals surface area contributed by atoms with Gasteiger partial charge in [-0.2, -0.15) is 4.31 Å². The van der Waals surface area contributed by atoms with Crippen molar-refractivity contribution in [2.24, 2.45) is 0 Å². The first-order valence-corrected chi connectivity index (χ1v) is 8.17. The third kappa shape index (κ3) is 2.50. The van der Waals surface area contributed by atoms with E-state index in [1.54, 1.807) is 18.5 Å². The van der Waals surface area contributed by atoms with Gasteiger partial charge in [0.05, 0.1) is 6.61 Å². The van der Waals surface area contributed by atoms with Gasteiger partial charge in [0.1, 0.15) is 0 Å². The van der Waals surface area contributed by atoms with Crippen LogP contribution in [0, 0.1) is 0 Å². The predicted octanol–water partition coefficient (Wildman–Crippen LogP) is 1.70. The molecule has 2 aromatic rings. The molecule has 0 radical (unpaired) electrons. The summed E-state index contributed by atoms with van der Waals surface area (Å²) in [6.07, 6.45) is 1.64. The Morgan fingerprint density at radius 1 is 1.63 bits per heavy atom. The number of hydrogen-bond acceptors (Lipinski definition) is 5. The molecule has 0 saturated heterocycles. The first-order chi connectivity index (χ1) is 8.89. The van der Waals surface area contributed by atoms with E-state index in [4.69, 9.17) is 16.3 Å². The van der Waals surface area contributed by atoms with Gasteiger partial charge in [0.25, 0.3) is 10.0 Å². The van der Waals surface area contributed by atoms with E-state index in [2.05, 4.69) is 4.98 Å². The predicted molar refractivity (Wildman–Crippen MR) is 74.4 cm³/mol. The molecule has 0 fully saturated rings. The van der Waals surface area contributed by atoms with Crippen LogP contribution in [0.15, 0.2) is 16.6 Å². The van der Waals surface area contributed by atoms with Crippen molar-refractivity contribution in [1.82, 2.24) is 13.7 Å². The van der Waals surface area contributed by atoms with Gasteiger partial charge in [0.2, 0.25) is 0 Å². The van der Waals surface area contributed by atoms with Crippen LogP contribution in [-0.2, 0) is 14.8 Å². The number of halogens is 1. The van der Waals surface area contributed by atoms with Crippen LogP contribution in [0.2, 0.25) is 5.15 Å². The highest BCUT2D eigenvalue weighted by atomic mass is 35.5. The molecule has 0 aliphatic carbocycles. The van der Waals surface area contributed by atoms with E-state index in [1.807, 2.05) is 0 Å². The third-order valence-corrected chi connectivity index (χ3v) is 5.96. The average molecular weight is 324 g/mol. The number of aromatic nitrogens is 2. The van der Waals surface area contributed by atoms with Gasteiger partial charge in [-0.15, -0.1) is 11.3 Å². The smallest absolute Gasteiger partial charge is 0.262 e. The van der Waals surface area contributed by atoms with Crippen LogP contribution in [0.1, 0.15) is 6.92 Å². The minimum absolute atomic E-state index is 0.00382. The quantitative estimate of drug-likeness (QED) is 0.840. The van der Waals surface area contributed by atoms with Crippen molar-refractivity contribution >= 4 is 37.9 Å². The number of rotatable bonds is 5. The van der Waals surface area contributed by atoms with Crippen molar-refractivity contribution in [2.75, 3.05) is 20.8 Å². The Labute approximate surface area is 120 Å². The van der Waals surface area contributed by atoms with Crippen molar-refractivity contribution in [3.8, 4) is 0 Å². The van der Waals surface area contributed by atoms with Crippen LogP contribution in [0.5, 0.6) is 0 Å². The summed E-state index contributed by atoms with van der Waals surface area (Å²) in [4.78, 5) is 4.59. The van der Waals surface area contributed by atoms with Gasteiger partial charge in [0, 0.05) is 31.8 Å². The van der Waals surface area contributed by atoms with Crippen molar-refractivity contribution in [3.63, 3.8) is 0 Å². The van der Waals surface area contributed by atoms with Gasteiger partial charge in [-0.1, -0.05) is 11.6 Å². The molecule has 6 nitrogen and oxygen atoms in total. The second-order valence-corrected chi connectivity index (χ2v) is 7.23. The maximum atomic E-state index is 12.6. The maximum Gasteiger partial charge on any atom is 0.262 e. The average Bonchev–Trinajstić information content (AvgIpc) is 2.87. The Morgan fingerprint density at radius 3 is 2.95 bits per heavy atom. The number of thiazole rings is 1. The number of nitrogens with zero attached hydrogens (tertiary/aromatic N) is 3. The second kappa shape index (κ2) is 5.37. The molecule has 0 N–H and O–H groups in total. The number of methoxy groups -OCH3 is 1. The van der Waals surface area contributed by atoms with Gasteiger partial charge in [-0.05, 0) is 6.92 Å². The number of imidazole rings is 1. The number of ether oxygens (including phenoxy) is 1. The first kappa shape index (κ1) is 14.7. The lowest BCUT2D eigenvalue weighted by Gasteiger charge is -2.23. The Kier molecular flexibility index (Phi) is 4.17. The largest absolute Gasteiger partial charge is 0.383 e. The van der Waals surface area contributed by atoms with Crippen molar-refractivity contribution in [3.05, 3.63) is 16.7 Å². The fourth-order valence-corrected chi connectivity index (χ4v) is 4.44. The first-order valence-electron chi connectivity index (χ1n) is 5.47. The van der Waals surface area contributed by atoms with Gasteiger partial charge >= 0.3 is 0 Å². The summed E-state index contributed by atoms with van der Waals surface area (Å²) in [6, 6.07) is -0.296. The fraction of sp³-hybridized carbons (Fsp3) is 0.500. The molecule has 2 heterocycles. The van der Waals surface area contributed by atoms with E-state index in [9.17, 15) is 8.42 Å². The molecule has 0 bridgehead atoms. The SMILES string of the molecule is COCC(C)N(C)S(=O)(=O)c1c(Cl)nc2sccn12. The van der Waals surface area contributed by atoms with E-state index in [1.165, 1.54) is 34.2 Å². The monoisotopic (exact) mass is 323 g/mol. The van der Waals surface area contributed by atoms with Crippen LogP contribution in [0.25, 0.3) is 4.96 Å². The lowest BCUT2D eigenvalue weighted by molar-refractivity contribution is 0.149. The molecule has 0 saturated carbocycles. The molecule has 9 heteroatoms. The number of likely N-dealkylation sites (N-methyl/N-ethyl adjacent to an activating group) is 1. The van der Waals surface area contributed by atoms with Crippen molar-refractivity contribution in [1.29, 1.82) is 0 Å². The molecule has 106 valence electrons. The lowest BCUT2D eigenvalue weighted by atomic mass is 10.4. The molecule has 19 heavy (non-hydrogen) atoms. The zero-order valence-corrected chi connectivity index (χ0v) is 13.1. The minimum atomic E-state index is -3.72. The van der Waals surface area contributed by atoms with Crippen LogP contribution >= 0.6 is 22.9 Å². The van der Waals surface area contributed by atoms with E-state index >= 15 is 0 Å². The molecule has 0 amide bonds. The maximum absolute atomic E-state index is 12.6. The van der Waals surface area contributed by atoms with Crippen molar-refractivity contribution < 1.29 is 13.2 Å². The fourth-order valence-electron chi connectivity index (χ4n) is 1.69. The van der Waals surface area contributed by atoms with E-state index < -0.39 is 10.0 Å². The molecule has 0 spiro atoms. The zero-order chi connectivity index (χ0) is 14.2. The van der Waals surface area contributed by atoms with Crippen LogP contribution < -0.4 is 0 Å². The Hall–Kier alpha value is -0.670. The summed E-state index contributed by atoms with van der Waals surface area (Å²) in [5, 5.41) is 1.75. The van der Waals surface area contributed by atoms with E-state index in [-0.39, 0.29) is 16.2 Å². The highest BCUT2D eigenvalue weighted by Gasteiger charge is 2.31. The van der Waals surface area contributed by atoms with Crippen LogP contribution in [0.3, 0.4) is 0 Å². The summed E-state index contributed by atoms with van der Waals surface area (Å²) >= 11 is 7.29. The number of fused-ring (bicyclic) bond motifs is 1. The molecule has 1 atom stereocenters. The molecule has 0 aliphatic heterocycles. The van der Waals surface area contributed by atoms with E-state index in [0.29, 0.717) is 11.6 Å². The molecule has 2 aromatic heterocycles. The zero-order valence-electron chi connectivity index (χ0n) is 10.7. The molecular weight excluding hydrogens is 310 g/mol. The van der Waals surface area contributed by atoms with Gasteiger partial charge < -0.3 is 4.74 Å². The Morgan fingerprint density at radius 2 is 2.32 bits per heavy atom. The summed E-state index contributed by atoms with van der Waals surface area (Å²) in [5.41, 5.74) is 0. The highest BCUT2D eigenvalue weighted by molar-refractivity contribution is 7.89.